The molecular formula is C13H18FN3O. The van der Waals surface area contributed by atoms with Gasteiger partial charge in [-0.05, 0) is 19.4 Å². The SMILES string of the molecule is C=CCC(C)NCc1cccc(/C(N)=N/O)c1F. The van der Waals surface area contributed by atoms with Crippen LogP contribution in [0.3, 0.4) is 0 Å². The minimum absolute atomic E-state index is 0.105. The van der Waals surface area contributed by atoms with E-state index in [1.807, 2.05) is 6.92 Å². The van der Waals surface area contributed by atoms with E-state index in [1.165, 1.54) is 6.07 Å². The fourth-order valence-corrected chi connectivity index (χ4v) is 1.59. The van der Waals surface area contributed by atoms with Gasteiger partial charge in [0.15, 0.2) is 5.84 Å². The molecule has 0 radical (unpaired) electrons. The molecule has 4 N–H and O–H groups in total. The zero-order chi connectivity index (χ0) is 13.5. The standard InChI is InChI=1S/C13H18FN3O/c1-3-5-9(2)16-8-10-6-4-7-11(12(10)14)13(15)17-18/h3-4,6-7,9,16,18H,1,5,8H2,2H3,(H2,15,17). The average molecular weight is 251 g/mol. The maximum atomic E-state index is 14.0. The van der Waals surface area contributed by atoms with Crippen molar-refractivity contribution in [2.24, 2.45) is 10.9 Å². The lowest BCUT2D eigenvalue weighted by molar-refractivity contribution is 0.318. The molecule has 0 spiro atoms. The Morgan fingerprint density at radius 3 is 3.00 bits per heavy atom. The Kier molecular flexibility index (Phi) is 5.32. The van der Waals surface area contributed by atoms with Gasteiger partial charge in [0.2, 0.25) is 0 Å². The van der Waals surface area contributed by atoms with Gasteiger partial charge in [-0.1, -0.05) is 23.4 Å². The normalized spacial score (nSPS) is 13.3. The Morgan fingerprint density at radius 2 is 2.39 bits per heavy atom. The number of benzene rings is 1. The number of amidine groups is 1. The summed E-state index contributed by atoms with van der Waals surface area (Å²) < 4.78 is 14.0. The van der Waals surface area contributed by atoms with E-state index in [1.54, 1.807) is 18.2 Å². The zero-order valence-corrected chi connectivity index (χ0v) is 10.4. The van der Waals surface area contributed by atoms with Crippen LogP contribution in [-0.4, -0.2) is 17.1 Å². The molecule has 0 saturated carbocycles. The van der Waals surface area contributed by atoms with Gasteiger partial charge >= 0.3 is 0 Å². The molecule has 98 valence electrons. The van der Waals surface area contributed by atoms with Crippen LogP contribution in [0.15, 0.2) is 36.0 Å². The van der Waals surface area contributed by atoms with Crippen molar-refractivity contribution in [2.45, 2.75) is 25.9 Å². The molecule has 0 aliphatic rings. The van der Waals surface area contributed by atoms with Crippen molar-refractivity contribution in [3.05, 3.63) is 47.8 Å². The molecule has 1 aromatic rings. The van der Waals surface area contributed by atoms with Crippen LogP contribution in [0.5, 0.6) is 0 Å². The second-order valence-electron chi connectivity index (χ2n) is 4.07. The summed E-state index contributed by atoms with van der Waals surface area (Å²) in [6, 6.07) is 5.03. The van der Waals surface area contributed by atoms with Gasteiger partial charge in [0.25, 0.3) is 0 Å². The molecule has 1 aromatic carbocycles. The third kappa shape index (κ3) is 3.56. The number of halogens is 1. The Labute approximate surface area is 106 Å². The molecule has 0 amide bonds. The van der Waals surface area contributed by atoms with Crippen LogP contribution in [-0.2, 0) is 6.54 Å². The first-order valence-corrected chi connectivity index (χ1v) is 5.69. The topological polar surface area (TPSA) is 70.6 Å². The Morgan fingerprint density at radius 1 is 1.67 bits per heavy atom. The third-order valence-electron chi connectivity index (χ3n) is 2.62. The van der Waals surface area contributed by atoms with Crippen LogP contribution >= 0.6 is 0 Å². The van der Waals surface area contributed by atoms with Gasteiger partial charge in [0, 0.05) is 18.2 Å². The lowest BCUT2D eigenvalue weighted by Crippen LogP contribution is -2.26. The fraction of sp³-hybridized carbons (Fsp3) is 0.308. The number of hydrogen-bond donors (Lipinski definition) is 3. The van der Waals surface area contributed by atoms with E-state index in [0.717, 1.165) is 6.42 Å². The molecule has 1 unspecified atom stereocenters. The molecule has 0 aromatic heterocycles. The van der Waals surface area contributed by atoms with E-state index in [2.05, 4.69) is 17.1 Å². The average Bonchev–Trinajstić information content (AvgIpc) is 2.37. The van der Waals surface area contributed by atoms with Crippen molar-refractivity contribution >= 4 is 5.84 Å². The van der Waals surface area contributed by atoms with E-state index < -0.39 is 5.82 Å². The van der Waals surface area contributed by atoms with E-state index in [0.29, 0.717) is 12.1 Å². The molecule has 1 rings (SSSR count). The van der Waals surface area contributed by atoms with Gasteiger partial charge in [-0.15, -0.1) is 6.58 Å². The predicted molar refractivity (Wildman–Crippen MR) is 70.0 cm³/mol. The highest BCUT2D eigenvalue weighted by Crippen LogP contribution is 2.13. The Bertz CT molecular complexity index is 446. The third-order valence-corrected chi connectivity index (χ3v) is 2.62. The van der Waals surface area contributed by atoms with Crippen molar-refractivity contribution in [1.29, 1.82) is 0 Å². The van der Waals surface area contributed by atoms with Gasteiger partial charge in [0.1, 0.15) is 5.82 Å². The quantitative estimate of drug-likeness (QED) is 0.238. The highest BCUT2D eigenvalue weighted by molar-refractivity contribution is 5.97. The second kappa shape index (κ2) is 6.76. The molecule has 4 nitrogen and oxygen atoms in total. The molecule has 0 aliphatic heterocycles. The Hall–Kier alpha value is -1.88. The van der Waals surface area contributed by atoms with Crippen LogP contribution in [0, 0.1) is 5.82 Å². The smallest absolute Gasteiger partial charge is 0.173 e. The van der Waals surface area contributed by atoms with Crippen LogP contribution < -0.4 is 11.1 Å². The zero-order valence-electron chi connectivity index (χ0n) is 10.4. The second-order valence-corrected chi connectivity index (χ2v) is 4.07. The van der Waals surface area contributed by atoms with Crippen LogP contribution in [0.25, 0.3) is 0 Å². The van der Waals surface area contributed by atoms with Crippen molar-refractivity contribution in [3.8, 4) is 0 Å². The maximum absolute atomic E-state index is 14.0. The number of nitrogens with zero attached hydrogens (tertiary/aromatic N) is 1. The maximum Gasteiger partial charge on any atom is 0.173 e. The summed E-state index contributed by atoms with van der Waals surface area (Å²) in [5.74, 6) is -0.695. The van der Waals surface area contributed by atoms with Crippen molar-refractivity contribution in [2.75, 3.05) is 0 Å². The number of rotatable bonds is 6. The molecule has 0 fully saturated rings. The van der Waals surface area contributed by atoms with Gasteiger partial charge in [-0.2, -0.15) is 0 Å². The molecule has 1 atom stereocenters. The Balaban J connectivity index is 2.81. The first kappa shape index (κ1) is 14.2. The van der Waals surface area contributed by atoms with E-state index in [-0.39, 0.29) is 17.4 Å². The van der Waals surface area contributed by atoms with Crippen molar-refractivity contribution in [1.82, 2.24) is 5.32 Å². The summed E-state index contributed by atoms with van der Waals surface area (Å²) in [6.07, 6.45) is 2.61. The highest BCUT2D eigenvalue weighted by atomic mass is 19.1. The highest BCUT2D eigenvalue weighted by Gasteiger charge is 2.11. The summed E-state index contributed by atoms with van der Waals surface area (Å²) in [6.45, 7) is 6.02. The molecule has 0 bridgehead atoms. The molecule has 5 heteroatoms. The van der Waals surface area contributed by atoms with Crippen LogP contribution in [0.1, 0.15) is 24.5 Å². The largest absolute Gasteiger partial charge is 0.409 e. The minimum atomic E-state index is -0.467. The first-order valence-electron chi connectivity index (χ1n) is 5.69. The predicted octanol–water partition coefficient (Wildman–Crippen LogP) is 1.97. The lowest BCUT2D eigenvalue weighted by Gasteiger charge is -2.13. The van der Waals surface area contributed by atoms with Gasteiger partial charge < -0.3 is 16.3 Å². The number of hydrogen-bond acceptors (Lipinski definition) is 3. The van der Waals surface area contributed by atoms with Gasteiger partial charge in [0.05, 0.1) is 5.56 Å². The van der Waals surface area contributed by atoms with Crippen molar-refractivity contribution in [3.63, 3.8) is 0 Å². The molecule has 0 aliphatic carbocycles. The van der Waals surface area contributed by atoms with Crippen LogP contribution in [0.2, 0.25) is 0 Å². The minimum Gasteiger partial charge on any atom is -0.409 e. The van der Waals surface area contributed by atoms with E-state index >= 15 is 0 Å². The monoisotopic (exact) mass is 251 g/mol. The molecule has 0 saturated heterocycles. The molecule has 0 heterocycles. The van der Waals surface area contributed by atoms with Gasteiger partial charge in [-0.25, -0.2) is 4.39 Å². The van der Waals surface area contributed by atoms with Crippen LogP contribution in [0.4, 0.5) is 4.39 Å². The lowest BCUT2D eigenvalue weighted by atomic mass is 10.1. The summed E-state index contributed by atoms with van der Waals surface area (Å²) in [5.41, 5.74) is 5.98. The van der Waals surface area contributed by atoms with E-state index in [4.69, 9.17) is 10.9 Å². The molecular weight excluding hydrogens is 233 g/mol. The van der Waals surface area contributed by atoms with E-state index in [9.17, 15) is 4.39 Å². The molecule has 18 heavy (non-hydrogen) atoms. The summed E-state index contributed by atoms with van der Waals surface area (Å²) in [5, 5.41) is 14.5. The number of nitrogens with one attached hydrogen (secondary N) is 1. The first-order chi connectivity index (χ1) is 8.60. The van der Waals surface area contributed by atoms with Crippen molar-refractivity contribution < 1.29 is 9.60 Å². The summed E-state index contributed by atoms with van der Waals surface area (Å²) >= 11 is 0. The van der Waals surface area contributed by atoms with Gasteiger partial charge in [-0.3, -0.25) is 0 Å². The summed E-state index contributed by atoms with van der Waals surface area (Å²) in [4.78, 5) is 0. The summed E-state index contributed by atoms with van der Waals surface area (Å²) in [7, 11) is 0. The fourth-order valence-electron chi connectivity index (χ4n) is 1.59. The number of nitrogens with two attached hydrogens (primary N) is 1. The number of oxime groups is 1.